The van der Waals surface area contributed by atoms with E-state index in [4.69, 9.17) is 0 Å². The highest BCUT2D eigenvalue weighted by atomic mass is 16.2. The first-order valence-corrected chi connectivity index (χ1v) is 11.7. The van der Waals surface area contributed by atoms with Crippen LogP contribution < -0.4 is 10.2 Å². The highest BCUT2D eigenvalue weighted by Gasteiger charge is 2.62. The first-order chi connectivity index (χ1) is 15.2. The Labute approximate surface area is 183 Å². The molecule has 0 bridgehead atoms. The molecule has 2 aromatic carbocycles. The average Bonchev–Trinajstić information content (AvgIpc) is 3.29. The minimum absolute atomic E-state index is 0.0649. The number of benzene rings is 2. The fraction of sp³-hybridized carbons (Fsp3) is 0.462. The lowest BCUT2D eigenvalue weighted by molar-refractivity contribution is -0.127. The summed E-state index contributed by atoms with van der Waals surface area (Å²) < 4.78 is 0. The number of nitrogens with one attached hydrogen (secondary N) is 1. The molecule has 3 fully saturated rings. The van der Waals surface area contributed by atoms with Crippen LogP contribution in [0.25, 0.3) is 0 Å². The van der Waals surface area contributed by atoms with E-state index in [1.165, 1.54) is 30.4 Å². The van der Waals surface area contributed by atoms with Crippen LogP contribution in [-0.4, -0.2) is 41.9 Å². The number of hydrogen-bond acceptors (Lipinski definition) is 4. The number of carbonyl (C=O) groups is 2. The zero-order chi connectivity index (χ0) is 21.0. The lowest BCUT2D eigenvalue weighted by Gasteiger charge is -2.50. The third-order valence-corrected chi connectivity index (χ3v) is 8.27. The first kappa shape index (κ1) is 19.1. The van der Waals surface area contributed by atoms with E-state index in [0.717, 1.165) is 31.6 Å². The predicted octanol–water partition coefficient (Wildman–Crippen LogP) is 3.31. The monoisotopic (exact) mass is 415 g/mol. The number of para-hydroxylation sites is 1. The molecule has 1 spiro atoms. The van der Waals surface area contributed by atoms with Gasteiger partial charge in [-0.3, -0.25) is 19.8 Å². The molecule has 5 nitrogen and oxygen atoms in total. The van der Waals surface area contributed by atoms with Gasteiger partial charge in [-0.2, -0.15) is 0 Å². The van der Waals surface area contributed by atoms with Gasteiger partial charge in [-0.25, -0.2) is 0 Å². The zero-order valence-electron chi connectivity index (χ0n) is 17.8. The Morgan fingerprint density at radius 2 is 1.65 bits per heavy atom. The van der Waals surface area contributed by atoms with Gasteiger partial charge in [-0.15, -0.1) is 0 Å². The van der Waals surface area contributed by atoms with E-state index in [2.05, 4.69) is 51.5 Å². The third kappa shape index (κ3) is 2.86. The van der Waals surface area contributed by atoms with Gasteiger partial charge in [0, 0.05) is 31.4 Å². The Hall–Kier alpha value is -2.66. The van der Waals surface area contributed by atoms with Crippen molar-refractivity contribution >= 4 is 17.5 Å². The van der Waals surface area contributed by atoms with Crippen LogP contribution in [0.2, 0.25) is 0 Å². The highest BCUT2D eigenvalue weighted by molar-refractivity contribution is 6.07. The van der Waals surface area contributed by atoms with E-state index in [9.17, 15) is 9.59 Å². The summed E-state index contributed by atoms with van der Waals surface area (Å²) in [7, 11) is 0. The van der Waals surface area contributed by atoms with Crippen molar-refractivity contribution in [3.8, 4) is 0 Å². The summed E-state index contributed by atoms with van der Waals surface area (Å²) in [5, 5.41) is 2.63. The molecule has 0 saturated carbocycles. The molecule has 3 atom stereocenters. The van der Waals surface area contributed by atoms with E-state index in [1.54, 1.807) is 0 Å². The maximum absolute atomic E-state index is 12.9. The highest BCUT2D eigenvalue weighted by Crippen LogP contribution is 2.51. The van der Waals surface area contributed by atoms with Crippen molar-refractivity contribution in [3.05, 3.63) is 65.7 Å². The molecule has 4 aliphatic rings. The second kappa shape index (κ2) is 7.20. The summed E-state index contributed by atoms with van der Waals surface area (Å²) in [6.45, 7) is 2.57. The van der Waals surface area contributed by atoms with Gasteiger partial charge in [0.1, 0.15) is 0 Å². The SMILES string of the molecule is O=C1NC(=O)C2C1CN(c1ccccc1)C21CCN([C@@H]2CCCc3ccccc32)CC1. The molecule has 2 aromatic rings. The van der Waals surface area contributed by atoms with Crippen molar-refractivity contribution in [1.82, 2.24) is 10.2 Å². The summed E-state index contributed by atoms with van der Waals surface area (Å²) in [6, 6.07) is 19.7. The number of anilines is 1. The number of piperidine rings is 1. The van der Waals surface area contributed by atoms with Crippen molar-refractivity contribution < 1.29 is 9.59 Å². The Morgan fingerprint density at radius 1 is 0.903 bits per heavy atom. The Bertz CT molecular complexity index is 1010. The lowest BCUT2D eigenvalue weighted by atomic mass is 9.73. The van der Waals surface area contributed by atoms with Crippen LogP contribution in [0, 0.1) is 11.8 Å². The molecular formula is C26H29N3O2. The van der Waals surface area contributed by atoms with Crippen molar-refractivity contribution in [2.45, 2.75) is 43.7 Å². The largest absolute Gasteiger partial charge is 0.364 e. The van der Waals surface area contributed by atoms with Crippen LogP contribution in [0.15, 0.2) is 54.6 Å². The number of rotatable bonds is 2. The Balaban J connectivity index is 1.31. The Kier molecular flexibility index (Phi) is 4.42. The van der Waals surface area contributed by atoms with E-state index >= 15 is 0 Å². The minimum atomic E-state index is -0.271. The van der Waals surface area contributed by atoms with Crippen molar-refractivity contribution in [2.24, 2.45) is 11.8 Å². The maximum Gasteiger partial charge on any atom is 0.232 e. The second-order valence-corrected chi connectivity index (χ2v) is 9.63. The van der Waals surface area contributed by atoms with Crippen LogP contribution in [0.4, 0.5) is 5.69 Å². The second-order valence-electron chi connectivity index (χ2n) is 9.63. The predicted molar refractivity (Wildman–Crippen MR) is 120 cm³/mol. The van der Waals surface area contributed by atoms with E-state index in [1.807, 2.05) is 18.2 Å². The van der Waals surface area contributed by atoms with Crippen LogP contribution in [-0.2, 0) is 16.0 Å². The lowest BCUT2D eigenvalue weighted by Crippen LogP contribution is -2.58. The summed E-state index contributed by atoms with van der Waals surface area (Å²) in [5.74, 6) is -0.614. The number of fused-ring (bicyclic) bond motifs is 3. The smallest absolute Gasteiger partial charge is 0.232 e. The molecule has 160 valence electrons. The number of aryl methyl sites for hydroxylation is 1. The number of likely N-dealkylation sites (tertiary alicyclic amines) is 1. The number of imide groups is 1. The number of nitrogens with zero attached hydrogens (tertiary/aromatic N) is 2. The van der Waals surface area contributed by atoms with E-state index in [-0.39, 0.29) is 29.2 Å². The summed E-state index contributed by atoms with van der Waals surface area (Å²) in [4.78, 5) is 30.5. The molecule has 2 unspecified atom stereocenters. The topological polar surface area (TPSA) is 52.7 Å². The van der Waals surface area contributed by atoms with E-state index in [0.29, 0.717) is 12.6 Å². The molecule has 0 aromatic heterocycles. The molecule has 6 rings (SSSR count). The number of carbonyl (C=O) groups excluding carboxylic acids is 2. The number of hydrogen-bond donors (Lipinski definition) is 1. The van der Waals surface area contributed by atoms with E-state index < -0.39 is 0 Å². The first-order valence-electron chi connectivity index (χ1n) is 11.7. The van der Waals surface area contributed by atoms with Gasteiger partial charge in [0.05, 0.1) is 17.4 Å². The fourth-order valence-corrected chi connectivity index (χ4v) is 6.86. The summed E-state index contributed by atoms with van der Waals surface area (Å²) in [5.41, 5.74) is 3.84. The maximum atomic E-state index is 12.9. The minimum Gasteiger partial charge on any atom is -0.364 e. The molecular weight excluding hydrogens is 386 g/mol. The average molecular weight is 416 g/mol. The molecule has 3 saturated heterocycles. The van der Waals surface area contributed by atoms with Gasteiger partial charge in [0.2, 0.25) is 11.8 Å². The zero-order valence-corrected chi connectivity index (χ0v) is 17.8. The molecule has 1 N–H and O–H groups in total. The normalized spacial score (nSPS) is 29.7. The summed E-state index contributed by atoms with van der Waals surface area (Å²) >= 11 is 0. The fourth-order valence-electron chi connectivity index (χ4n) is 6.86. The Morgan fingerprint density at radius 3 is 2.45 bits per heavy atom. The van der Waals surface area contributed by atoms with Crippen molar-refractivity contribution in [1.29, 1.82) is 0 Å². The van der Waals surface area contributed by atoms with Crippen molar-refractivity contribution in [2.75, 3.05) is 24.5 Å². The van der Waals surface area contributed by atoms with Gasteiger partial charge in [-0.05, 0) is 55.4 Å². The summed E-state index contributed by atoms with van der Waals surface area (Å²) in [6.07, 6.45) is 5.46. The molecule has 1 aliphatic carbocycles. The van der Waals surface area contributed by atoms with Crippen molar-refractivity contribution in [3.63, 3.8) is 0 Å². The van der Waals surface area contributed by atoms with Crippen LogP contribution in [0.3, 0.4) is 0 Å². The molecule has 3 aliphatic heterocycles. The standard InChI is InChI=1S/C26H29N3O2/c30-24-21-17-29(19-9-2-1-3-10-19)26(23(21)25(31)27-24)13-15-28(16-14-26)22-12-6-8-18-7-4-5-11-20(18)22/h1-5,7,9-11,21-23H,6,8,12-17H2,(H,27,30,31)/t21?,22-,23?/m1/s1. The van der Waals surface area contributed by atoms with Crippen LogP contribution in [0.1, 0.15) is 42.9 Å². The van der Waals surface area contributed by atoms with Crippen LogP contribution in [0.5, 0.6) is 0 Å². The quantitative estimate of drug-likeness (QED) is 0.765. The van der Waals surface area contributed by atoms with Gasteiger partial charge < -0.3 is 4.90 Å². The third-order valence-electron chi connectivity index (χ3n) is 8.27. The van der Waals surface area contributed by atoms with Gasteiger partial charge >= 0.3 is 0 Å². The molecule has 0 radical (unpaired) electrons. The van der Waals surface area contributed by atoms with Gasteiger partial charge in [0.15, 0.2) is 0 Å². The number of amides is 2. The van der Waals surface area contributed by atoms with Crippen LogP contribution >= 0.6 is 0 Å². The molecule has 31 heavy (non-hydrogen) atoms. The molecule has 3 heterocycles. The van der Waals surface area contributed by atoms with Gasteiger partial charge in [0.25, 0.3) is 0 Å². The molecule has 2 amide bonds. The molecule has 5 heteroatoms. The van der Waals surface area contributed by atoms with Gasteiger partial charge in [-0.1, -0.05) is 42.5 Å².